The van der Waals surface area contributed by atoms with Crippen LogP contribution < -0.4 is 10.1 Å². The van der Waals surface area contributed by atoms with Gasteiger partial charge in [0.1, 0.15) is 11.6 Å². The number of rotatable bonds is 6. The summed E-state index contributed by atoms with van der Waals surface area (Å²) in [6, 6.07) is 7.46. The number of carbonyl (C=O) groups is 1. The zero-order valence-corrected chi connectivity index (χ0v) is 13.5. The number of hydrogen-bond acceptors (Lipinski definition) is 3. The van der Waals surface area contributed by atoms with Gasteiger partial charge >= 0.3 is 0 Å². The number of nitrogens with zero attached hydrogens (tertiary/aromatic N) is 2. The predicted molar refractivity (Wildman–Crippen MR) is 85.6 cm³/mol. The van der Waals surface area contributed by atoms with Gasteiger partial charge in [-0.2, -0.15) is 0 Å². The van der Waals surface area contributed by atoms with Crippen molar-refractivity contribution in [3.63, 3.8) is 0 Å². The molecule has 2 rings (SSSR count). The first kappa shape index (κ1) is 16.1. The molecule has 0 aliphatic carbocycles. The SMILES string of the molecule is COc1cccc(CC(=O)N[C@@H](c2nccn2C)C(C)C)c1. The van der Waals surface area contributed by atoms with Crippen molar-refractivity contribution in [2.45, 2.75) is 26.3 Å². The predicted octanol–water partition coefficient (Wildman–Crippen LogP) is 2.48. The molecule has 5 heteroatoms. The van der Waals surface area contributed by atoms with Gasteiger partial charge < -0.3 is 14.6 Å². The highest BCUT2D eigenvalue weighted by Gasteiger charge is 2.21. The number of methoxy groups -OCH3 is 1. The normalized spacial score (nSPS) is 12.2. The van der Waals surface area contributed by atoms with E-state index < -0.39 is 0 Å². The van der Waals surface area contributed by atoms with Crippen LogP contribution >= 0.6 is 0 Å². The zero-order chi connectivity index (χ0) is 16.1. The summed E-state index contributed by atoms with van der Waals surface area (Å²) in [7, 11) is 3.56. The van der Waals surface area contributed by atoms with Gasteiger partial charge in [0.25, 0.3) is 0 Å². The van der Waals surface area contributed by atoms with E-state index in [9.17, 15) is 4.79 Å². The molecule has 1 atom stereocenters. The van der Waals surface area contributed by atoms with Crippen LogP contribution in [0.4, 0.5) is 0 Å². The van der Waals surface area contributed by atoms with Crippen LogP contribution in [0.15, 0.2) is 36.7 Å². The van der Waals surface area contributed by atoms with Gasteiger partial charge in [0.2, 0.25) is 5.91 Å². The van der Waals surface area contributed by atoms with Crippen molar-refractivity contribution in [2.75, 3.05) is 7.11 Å². The maximum atomic E-state index is 12.3. The van der Waals surface area contributed by atoms with Crippen molar-refractivity contribution < 1.29 is 9.53 Å². The van der Waals surface area contributed by atoms with Crippen LogP contribution in [0.25, 0.3) is 0 Å². The number of imidazole rings is 1. The van der Waals surface area contributed by atoms with Crippen LogP contribution in [0.3, 0.4) is 0 Å². The second-order valence-electron chi connectivity index (χ2n) is 5.71. The monoisotopic (exact) mass is 301 g/mol. The van der Waals surface area contributed by atoms with Crippen molar-refractivity contribution in [3.8, 4) is 5.75 Å². The van der Waals surface area contributed by atoms with E-state index in [0.29, 0.717) is 6.42 Å². The molecule has 118 valence electrons. The summed E-state index contributed by atoms with van der Waals surface area (Å²) < 4.78 is 7.13. The fraction of sp³-hybridized carbons (Fsp3) is 0.412. The highest BCUT2D eigenvalue weighted by Crippen LogP contribution is 2.20. The van der Waals surface area contributed by atoms with Crippen LogP contribution in [-0.2, 0) is 18.3 Å². The van der Waals surface area contributed by atoms with Crippen molar-refractivity contribution in [3.05, 3.63) is 48.0 Å². The standard InChI is InChI=1S/C17H23N3O2/c1-12(2)16(17-18-8-9-20(17)3)19-15(21)11-13-6-5-7-14(10-13)22-4/h5-10,12,16H,11H2,1-4H3,(H,19,21)/t16-/m1/s1. The molecule has 0 spiro atoms. The minimum absolute atomic E-state index is 0.0186. The molecule has 0 radical (unpaired) electrons. The molecule has 0 fully saturated rings. The highest BCUT2D eigenvalue weighted by atomic mass is 16.5. The molecule has 0 saturated carbocycles. The molecule has 0 saturated heterocycles. The first-order chi connectivity index (χ1) is 10.5. The molecular weight excluding hydrogens is 278 g/mol. The summed E-state index contributed by atoms with van der Waals surface area (Å²) in [4.78, 5) is 16.7. The number of aryl methyl sites for hydroxylation is 1. The average molecular weight is 301 g/mol. The maximum Gasteiger partial charge on any atom is 0.225 e. The number of aromatic nitrogens is 2. The van der Waals surface area contributed by atoms with Gasteiger partial charge in [0.05, 0.1) is 19.6 Å². The smallest absolute Gasteiger partial charge is 0.225 e. The van der Waals surface area contributed by atoms with Crippen LogP contribution in [0, 0.1) is 5.92 Å². The first-order valence-electron chi connectivity index (χ1n) is 7.40. The maximum absolute atomic E-state index is 12.3. The summed E-state index contributed by atoms with van der Waals surface area (Å²) in [5.74, 6) is 1.87. The molecule has 0 unspecified atom stereocenters. The van der Waals surface area contributed by atoms with Crippen LogP contribution in [-0.4, -0.2) is 22.6 Å². The van der Waals surface area contributed by atoms with Gasteiger partial charge in [-0.15, -0.1) is 0 Å². The Labute approximate surface area is 131 Å². The second-order valence-corrected chi connectivity index (χ2v) is 5.71. The summed E-state index contributed by atoms with van der Waals surface area (Å²) in [5.41, 5.74) is 0.930. The van der Waals surface area contributed by atoms with Gasteiger partial charge in [-0.25, -0.2) is 4.98 Å². The Morgan fingerprint density at radius 2 is 2.18 bits per heavy atom. The summed E-state index contributed by atoms with van der Waals surface area (Å²) in [6.07, 6.45) is 3.96. The van der Waals surface area contributed by atoms with E-state index in [1.807, 2.05) is 42.1 Å². The Morgan fingerprint density at radius 1 is 1.41 bits per heavy atom. The topological polar surface area (TPSA) is 56.1 Å². The largest absolute Gasteiger partial charge is 0.497 e. The third-order valence-electron chi connectivity index (χ3n) is 3.62. The van der Waals surface area contributed by atoms with Crippen LogP contribution in [0.1, 0.15) is 31.3 Å². The van der Waals surface area contributed by atoms with E-state index in [1.165, 1.54) is 0 Å². The number of ether oxygens (including phenoxy) is 1. The fourth-order valence-corrected chi connectivity index (χ4v) is 2.40. The Bertz CT molecular complexity index is 634. The minimum atomic E-state index is -0.0990. The number of carbonyl (C=O) groups excluding carboxylic acids is 1. The fourth-order valence-electron chi connectivity index (χ4n) is 2.40. The van der Waals surface area contributed by atoms with E-state index in [0.717, 1.165) is 17.1 Å². The Kier molecular flexibility index (Phi) is 5.20. The Morgan fingerprint density at radius 3 is 2.77 bits per heavy atom. The number of amides is 1. The molecule has 2 aromatic rings. The first-order valence-corrected chi connectivity index (χ1v) is 7.40. The van der Waals surface area contributed by atoms with Gasteiger partial charge in [-0.3, -0.25) is 4.79 Å². The molecular formula is C17H23N3O2. The van der Waals surface area contributed by atoms with Crippen LogP contribution in [0.2, 0.25) is 0 Å². The number of hydrogen-bond donors (Lipinski definition) is 1. The van der Waals surface area contributed by atoms with Crippen molar-refractivity contribution in [2.24, 2.45) is 13.0 Å². The lowest BCUT2D eigenvalue weighted by Gasteiger charge is -2.22. The zero-order valence-electron chi connectivity index (χ0n) is 13.5. The lowest BCUT2D eigenvalue weighted by Crippen LogP contribution is -2.34. The number of nitrogens with one attached hydrogen (secondary N) is 1. The van der Waals surface area contributed by atoms with Gasteiger partial charge in [-0.05, 0) is 23.6 Å². The van der Waals surface area contributed by atoms with Crippen LogP contribution in [0.5, 0.6) is 5.75 Å². The molecule has 1 amide bonds. The molecule has 0 bridgehead atoms. The molecule has 1 aromatic carbocycles. The lowest BCUT2D eigenvalue weighted by atomic mass is 10.0. The second kappa shape index (κ2) is 7.11. The van der Waals surface area contributed by atoms with Gasteiger partial charge in [-0.1, -0.05) is 26.0 Å². The van der Waals surface area contributed by atoms with E-state index in [4.69, 9.17) is 4.74 Å². The molecule has 0 aliphatic rings. The minimum Gasteiger partial charge on any atom is -0.497 e. The summed E-state index contributed by atoms with van der Waals surface area (Å²) in [5, 5.41) is 3.08. The summed E-state index contributed by atoms with van der Waals surface area (Å²) >= 11 is 0. The molecule has 1 aromatic heterocycles. The van der Waals surface area contributed by atoms with Gasteiger partial charge in [0.15, 0.2) is 0 Å². The van der Waals surface area contributed by atoms with Crippen molar-refractivity contribution in [1.29, 1.82) is 0 Å². The quantitative estimate of drug-likeness (QED) is 0.892. The number of benzene rings is 1. The molecule has 22 heavy (non-hydrogen) atoms. The van der Waals surface area contributed by atoms with E-state index in [1.54, 1.807) is 13.3 Å². The lowest BCUT2D eigenvalue weighted by molar-refractivity contribution is -0.121. The van der Waals surface area contributed by atoms with E-state index in [2.05, 4.69) is 24.1 Å². The molecule has 5 nitrogen and oxygen atoms in total. The third-order valence-corrected chi connectivity index (χ3v) is 3.62. The van der Waals surface area contributed by atoms with E-state index in [-0.39, 0.29) is 17.9 Å². The average Bonchev–Trinajstić information content (AvgIpc) is 2.90. The highest BCUT2D eigenvalue weighted by molar-refractivity contribution is 5.79. The molecule has 0 aliphatic heterocycles. The summed E-state index contributed by atoms with van der Waals surface area (Å²) in [6.45, 7) is 4.15. The van der Waals surface area contributed by atoms with Crippen molar-refractivity contribution in [1.82, 2.24) is 14.9 Å². The Balaban J connectivity index is 2.07. The van der Waals surface area contributed by atoms with Gasteiger partial charge in [0, 0.05) is 19.4 Å². The van der Waals surface area contributed by atoms with Crippen molar-refractivity contribution >= 4 is 5.91 Å². The molecule has 1 N–H and O–H groups in total. The van der Waals surface area contributed by atoms with E-state index >= 15 is 0 Å². The Hall–Kier alpha value is -2.30. The third kappa shape index (κ3) is 3.87. The molecule has 1 heterocycles.